The number of hydrogen-bond donors (Lipinski definition) is 1. The zero-order valence-electron chi connectivity index (χ0n) is 15.4. The Bertz CT molecular complexity index is 983. The lowest BCUT2D eigenvalue weighted by molar-refractivity contribution is -0.115. The van der Waals surface area contributed by atoms with Gasteiger partial charge in [-0.25, -0.2) is 0 Å². The number of anilines is 2. The highest BCUT2D eigenvalue weighted by Crippen LogP contribution is 2.43. The summed E-state index contributed by atoms with van der Waals surface area (Å²) in [6.45, 7) is 2.10. The van der Waals surface area contributed by atoms with Crippen molar-refractivity contribution in [3.05, 3.63) is 83.8 Å². The molecular formula is C22H20N2O3S. The number of aryl methyl sites for hydroxylation is 1. The van der Waals surface area contributed by atoms with E-state index in [9.17, 15) is 9.59 Å². The van der Waals surface area contributed by atoms with Gasteiger partial charge in [-0.3, -0.25) is 14.5 Å². The molecule has 5 nitrogen and oxygen atoms in total. The normalized spacial score (nSPS) is 16.4. The first-order valence-corrected chi connectivity index (χ1v) is 10.2. The summed E-state index contributed by atoms with van der Waals surface area (Å²) in [6.07, 6.45) is 2.34. The molecule has 0 saturated carbocycles. The van der Waals surface area contributed by atoms with Gasteiger partial charge in [-0.2, -0.15) is 0 Å². The number of nitrogens with zero attached hydrogens (tertiary/aromatic N) is 1. The van der Waals surface area contributed by atoms with Gasteiger partial charge >= 0.3 is 0 Å². The van der Waals surface area contributed by atoms with Crippen LogP contribution in [0.3, 0.4) is 0 Å². The average Bonchev–Trinajstić information content (AvgIpc) is 3.39. The molecule has 3 aromatic rings. The van der Waals surface area contributed by atoms with E-state index < -0.39 is 0 Å². The predicted octanol–water partition coefficient (Wildman–Crippen LogP) is 4.87. The molecule has 1 unspecified atom stereocenters. The van der Waals surface area contributed by atoms with Crippen molar-refractivity contribution in [1.82, 2.24) is 0 Å². The van der Waals surface area contributed by atoms with Crippen molar-refractivity contribution in [3.8, 4) is 0 Å². The zero-order valence-corrected chi connectivity index (χ0v) is 16.2. The Morgan fingerprint density at radius 2 is 1.93 bits per heavy atom. The van der Waals surface area contributed by atoms with Crippen molar-refractivity contribution in [1.29, 1.82) is 0 Å². The molecule has 28 heavy (non-hydrogen) atoms. The molecule has 2 heterocycles. The summed E-state index contributed by atoms with van der Waals surface area (Å²) in [5.74, 6) is 0.552. The summed E-state index contributed by atoms with van der Waals surface area (Å²) < 4.78 is 5.11. The molecule has 4 rings (SSSR count). The molecule has 0 bridgehead atoms. The van der Waals surface area contributed by atoms with Crippen LogP contribution in [0.5, 0.6) is 0 Å². The number of carbonyl (C=O) groups excluding carboxylic acids is 2. The van der Waals surface area contributed by atoms with E-state index in [0.29, 0.717) is 11.4 Å². The van der Waals surface area contributed by atoms with Crippen LogP contribution >= 0.6 is 11.8 Å². The number of carbonyl (C=O) groups is 2. The molecular weight excluding hydrogens is 372 g/mol. The van der Waals surface area contributed by atoms with Gasteiger partial charge in [0.25, 0.3) is 5.91 Å². The van der Waals surface area contributed by atoms with E-state index in [2.05, 4.69) is 18.3 Å². The van der Waals surface area contributed by atoms with Gasteiger partial charge in [0.1, 0.15) is 5.37 Å². The number of rotatable bonds is 5. The Labute approximate surface area is 167 Å². The standard InChI is InChI=1S/C22H20N2O3S/c1-2-15-6-3-4-7-18(15)24-20(25)14-28-22(24)16-9-11-17(12-10-16)23-21(26)19-8-5-13-27-19/h3-13,22H,2,14H2,1H3,(H,23,26). The molecule has 1 aliphatic heterocycles. The summed E-state index contributed by atoms with van der Waals surface area (Å²) in [6, 6.07) is 18.9. The quantitative estimate of drug-likeness (QED) is 0.673. The maximum Gasteiger partial charge on any atom is 0.291 e. The van der Waals surface area contributed by atoms with Gasteiger partial charge in [0, 0.05) is 11.4 Å². The summed E-state index contributed by atoms with van der Waals surface area (Å²) >= 11 is 1.62. The molecule has 1 N–H and O–H groups in total. The summed E-state index contributed by atoms with van der Waals surface area (Å²) in [5.41, 5.74) is 3.84. The third kappa shape index (κ3) is 3.55. The minimum atomic E-state index is -0.290. The Hall–Kier alpha value is -2.99. The summed E-state index contributed by atoms with van der Waals surface area (Å²) in [4.78, 5) is 26.6. The third-order valence-corrected chi connectivity index (χ3v) is 5.91. The molecule has 1 saturated heterocycles. The zero-order chi connectivity index (χ0) is 19.5. The van der Waals surface area contributed by atoms with Crippen molar-refractivity contribution >= 4 is 35.0 Å². The van der Waals surface area contributed by atoms with Gasteiger partial charge in [0.2, 0.25) is 5.91 Å². The Balaban J connectivity index is 1.56. The fourth-order valence-corrected chi connectivity index (χ4v) is 4.48. The number of thioether (sulfide) groups is 1. The second-order valence-corrected chi connectivity index (χ2v) is 7.53. The lowest BCUT2D eigenvalue weighted by Gasteiger charge is -2.26. The Morgan fingerprint density at radius 3 is 2.64 bits per heavy atom. The van der Waals surface area contributed by atoms with Crippen molar-refractivity contribution in [2.24, 2.45) is 0 Å². The van der Waals surface area contributed by atoms with Crippen LogP contribution in [0.15, 0.2) is 71.3 Å². The van der Waals surface area contributed by atoms with Gasteiger partial charge < -0.3 is 9.73 Å². The van der Waals surface area contributed by atoms with E-state index in [1.54, 1.807) is 23.9 Å². The average molecular weight is 392 g/mol. The van der Waals surface area contributed by atoms with Crippen LogP contribution in [0.2, 0.25) is 0 Å². The fourth-order valence-electron chi connectivity index (χ4n) is 3.31. The van der Waals surface area contributed by atoms with Crippen molar-refractivity contribution in [2.45, 2.75) is 18.7 Å². The number of amides is 2. The lowest BCUT2D eigenvalue weighted by Crippen LogP contribution is -2.28. The highest BCUT2D eigenvalue weighted by molar-refractivity contribution is 8.00. The van der Waals surface area contributed by atoms with Crippen molar-refractivity contribution in [3.63, 3.8) is 0 Å². The first-order chi connectivity index (χ1) is 13.7. The van der Waals surface area contributed by atoms with Gasteiger partial charge in [-0.15, -0.1) is 11.8 Å². The Morgan fingerprint density at radius 1 is 1.14 bits per heavy atom. The van der Waals surface area contributed by atoms with Crippen LogP contribution in [0.4, 0.5) is 11.4 Å². The SMILES string of the molecule is CCc1ccccc1N1C(=O)CSC1c1ccc(NC(=O)c2ccco2)cc1. The van der Waals surface area contributed by atoms with Crippen LogP contribution in [0.1, 0.15) is 34.0 Å². The molecule has 0 spiro atoms. The van der Waals surface area contributed by atoms with E-state index in [4.69, 9.17) is 4.42 Å². The monoisotopic (exact) mass is 392 g/mol. The van der Waals surface area contributed by atoms with Crippen LogP contribution in [0, 0.1) is 0 Å². The predicted molar refractivity (Wildman–Crippen MR) is 112 cm³/mol. The molecule has 1 aromatic heterocycles. The first kappa shape index (κ1) is 18.4. The third-order valence-electron chi connectivity index (χ3n) is 4.70. The summed E-state index contributed by atoms with van der Waals surface area (Å²) in [7, 11) is 0. The Kier molecular flexibility index (Phi) is 5.21. The molecule has 0 aliphatic carbocycles. The molecule has 2 aromatic carbocycles. The van der Waals surface area contributed by atoms with Gasteiger partial charge in [-0.1, -0.05) is 37.3 Å². The van der Waals surface area contributed by atoms with Crippen molar-refractivity contribution in [2.75, 3.05) is 16.0 Å². The highest BCUT2D eigenvalue weighted by atomic mass is 32.2. The number of para-hydroxylation sites is 1. The van der Waals surface area contributed by atoms with Gasteiger partial charge in [-0.05, 0) is 47.9 Å². The number of hydrogen-bond acceptors (Lipinski definition) is 4. The van der Waals surface area contributed by atoms with Crippen LogP contribution in [-0.2, 0) is 11.2 Å². The van der Waals surface area contributed by atoms with E-state index >= 15 is 0 Å². The van der Waals surface area contributed by atoms with Crippen LogP contribution in [0.25, 0.3) is 0 Å². The van der Waals surface area contributed by atoms with Crippen LogP contribution < -0.4 is 10.2 Å². The first-order valence-electron chi connectivity index (χ1n) is 9.13. The second-order valence-electron chi connectivity index (χ2n) is 6.46. The largest absolute Gasteiger partial charge is 0.459 e. The summed E-state index contributed by atoms with van der Waals surface area (Å²) in [5, 5.41) is 2.74. The van der Waals surface area contributed by atoms with Crippen LogP contribution in [-0.4, -0.2) is 17.6 Å². The second kappa shape index (κ2) is 7.94. The van der Waals surface area contributed by atoms with Gasteiger partial charge in [0.05, 0.1) is 12.0 Å². The number of benzene rings is 2. The molecule has 6 heteroatoms. The molecule has 2 amide bonds. The minimum absolute atomic E-state index is 0.0741. The molecule has 1 fully saturated rings. The number of nitrogens with one attached hydrogen (secondary N) is 1. The molecule has 1 atom stereocenters. The van der Waals surface area contributed by atoms with E-state index in [-0.39, 0.29) is 22.9 Å². The van der Waals surface area contributed by atoms with E-state index in [1.165, 1.54) is 6.26 Å². The maximum atomic E-state index is 12.6. The molecule has 0 radical (unpaired) electrons. The highest BCUT2D eigenvalue weighted by Gasteiger charge is 2.34. The lowest BCUT2D eigenvalue weighted by atomic mass is 10.1. The number of furan rings is 1. The van der Waals surface area contributed by atoms with Gasteiger partial charge in [0.15, 0.2) is 5.76 Å². The molecule has 1 aliphatic rings. The van der Waals surface area contributed by atoms with E-state index in [1.807, 2.05) is 47.4 Å². The maximum absolute atomic E-state index is 12.6. The van der Waals surface area contributed by atoms with Crippen molar-refractivity contribution < 1.29 is 14.0 Å². The smallest absolute Gasteiger partial charge is 0.291 e. The van der Waals surface area contributed by atoms with E-state index in [0.717, 1.165) is 23.2 Å². The minimum Gasteiger partial charge on any atom is -0.459 e. The molecule has 142 valence electrons. The topological polar surface area (TPSA) is 62.6 Å². The fraction of sp³-hybridized carbons (Fsp3) is 0.182.